The van der Waals surface area contributed by atoms with Crippen LogP contribution in [0.2, 0.25) is 15.1 Å². The van der Waals surface area contributed by atoms with E-state index in [1.165, 1.54) is 12.1 Å². The Kier molecular flexibility index (Phi) is 6.80. The van der Waals surface area contributed by atoms with E-state index in [9.17, 15) is 9.59 Å². The molecule has 0 saturated carbocycles. The molecule has 0 unspecified atom stereocenters. The van der Waals surface area contributed by atoms with Gasteiger partial charge in [0.05, 0.1) is 10.6 Å². The van der Waals surface area contributed by atoms with Crippen molar-refractivity contribution in [1.29, 1.82) is 0 Å². The van der Waals surface area contributed by atoms with E-state index in [0.717, 1.165) is 5.56 Å². The average molecular weight is 449 g/mol. The minimum atomic E-state index is -1.20. The highest BCUT2D eigenvalue weighted by atomic mass is 35.5. The van der Waals surface area contributed by atoms with Crippen molar-refractivity contribution < 1.29 is 14.3 Å². The van der Waals surface area contributed by atoms with Crippen LogP contribution in [0.25, 0.3) is 0 Å². The van der Waals surface area contributed by atoms with Crippen molar-refractivity contribution in [3.8, 4) is 0 Å². The Morgan fingerprint density at radius 3 is 2.31 bits per heavy atom. The number of rotatable bonds is 5. The molecule has 0 aliphatic carbocycles. The summed E-state index contributed by atoms with van der Waals surface area (Å²) in [4.78, 5) is 25.6. The van der Waals surface area contributed by atoms with E-state index in [1.54, 1.807) is 54.6 Å². The third-order valence-electron chi connectivity index (χ3n) is 4.15. The monoisotopic (exact) mass is 447 g/mol. The van der Waals surface area contributed by atoms with Crippen molar-refractivity contribution in [3.05, 3.63) is 98.5 Å². The highest BCUT2D eigenvalue weighted by Gasteiger charge is 2.27. The predicted molar refractivity (Wildman–Crippen MR) is 116 cm³/mol. The number of aryl methyl sites for hydroxylation is 1. The molecule has 0 aromatic heterocycles. The second kappa shape index (κ2) is 9.31. The zero-order valence-corrected chi connectivity index (χ0v) is 17.6. The number of halogens is 3. The molecule has 1 atom stereocenters. The van der Waals surface area contributed by atoms with Gasteiger partial charge in [-0.2, -0.15) is 0 Å². The van der Waals surface area contributed by atoms with Crippen molar-refractivity contribution in [2.24, 2.45) is 0 Å². The Bertz CT molecular complexity index is 1050. The molecule has 0 saturated heterocycles. The summed E-state index contributed by atoms with van der Waals surface area (Å²) in [7, 11) is 0. The van der Waals surface area contributed by atoms with Crippen molar-refractivity contribution >= 4 is 52.4 Å². The van der Waals surface area contributed by atoms with Gasteiger partial charge in [0.2, 0.25) is 6.10 Å². The molecule has 0 aliphatic rings. The zero-order valence-electron chi connectivity index (χ0n) is 15.3. The van der Waals surface area contributed by atoms with Crippen LogP contribution in [0.15, 0.2) is 66.7 Å². The molecule has 29 heavy (non-hydrogen) atoms. The van der Waals surface area contributed by atoms with Gasteiger partial charge in [-0.25, -0.2) is 4.79 Å². The topological polar surface area (TPSA) is 55.4 Å². The maximum absolute atomic E-state index is 12.9. The number of carbonyl (C=O) groups is 2. The molecule has 4 nitrogen and oxygen atoms in total. The third kappa shape index (κ3) is 5.30. The highest BCUT2D eigenvalue weighted by Crippen LogP contribution is 2.27. The molecule has 1 N–H and O–H groups in total. The standard InChI is InChI=1S/C22H16Cl3NO3/c1-13-7-9-16(12-19(13)25)26-21(27)20(14-5-3-2-4-6-14)29-22(28)17-11-15(23)8-10-18(17)24/h2-12,20H,1H3,(H,26,27)/t20-/m1/s1. The van der Waals surface area contributed by atoms with Crippen LogP contribution in [0.5, 0.6) is 0 Å². The fourth-order valence-electron chi connectivity index (χ4n) is 2.60. The highest BCUT2D eigenvalue weighted by molar-refractivity contribution is 6.35. The molecular weight excluding hydrogens is 433 g/mol. The summed E-state index contributed by atoms with van der Waals surface area (Å²) in [6.45, 7) is 1.86. The lowest BCUT2D eigenvalue weighted by Gasteiger charge is -2.19. The number of hydrogen-bond donors (Lipinski definition) is 1. The quantitative estimate of drug-likeness (QED) is 0.454. The van der Waals surface area contributed by atoms with Crippen LogP contribution >= 0.6 is 34.8 Å². The predicted octanol–water partition coefficient (Wildman–Crippen LogP) is 6.49. The number of carbonyl (C=O) groups excluding carboxylic acids is 2. The number of esters is 1. The van der Waals surface area contributed by atoms with Crippen LogP contribution in [0.3, 0.4) is 0 Å². The van der Waals surface area contributed by atoms with Crippen molar-refractivity contribution in [3.63, 3.8) is 0 Å². The van der Waals surface area contributed by atoms with Gasteiger partial charge in [-0.15, -0.1) is 0 Å². The van der Waals surface area contributed by atoms with Gasteiger partial charge in [-0.1, -0.05) is 71.2 Å². The van der Waals surface area contributed by atoms with Gasteiger partial charge >= 0.3 is 5.97 Å². The first-order chi connectivity index (χ1) is 13.8. The molecule has 1 amide bonds. The lowest BCUT2D eigenvalue weighted by molar-refractivity contribution is -0.125. The van der Waals surface area contributed by atoms with E-state index >= 15 is 0 Å². The Labute approximate surface area is 183 Å². The summed E-state index contributed by atoms with van der Waals surface area (Å²) in [5.74, 6) is -1.29. The SMILES string of the molecule is Cc1ccc(NC(=O)[C@H](OC(=O)c2cc(Cl)ccc2Cl)c2ccccc2)cc1Cl. The smallest absolute Gasteiger partial charge is 0.340 e. The van der Waals surface area contributed by atoms with Gasteiger partial charge in [0.1, 0.15) is 0 Å². The molecule has 0 spiro atoms. The fraction of sp³-hybridized carbons (Fsp3) is 0.0909. The first-order valence-electron chi connectivity index (χ1n) is 8.63. The molecular formula is C22H16Cl3NO3. The van der Waals surface area contributed by atoms with E-state index in [1.807, 2.05) is 6.92 Å². The largest absolute Gasteiger partial charge is 0.444 e. The van der Waals surface area contributed by atoms with Crippen LogP contribution in [0.4, 0.5) is 5.69 Å². The van der Waals surface area contributed by atoms with E-state index in [4.69, 9.17) is 39.5 Å². The second-order valence-corrected chi connectivity index (χ2v) is 7.52. The number of ether oxygens (including phenoxy) is 1. The number of benzene rings is 3. The summed E-state index contributed by atoms with van der Waals surface area (Å²) in [5, 5.41) is 3.75. The summed E-state index contributed by atoms with van der Waals surface area (Å²) in [5.41, 5.74) is 1.95. The molecule has 7 heteroatoms. The Balaban J connectivity index is 1.88. The average Bonchev–Trinajstić information content (AvgIpc) is 2.71. The summed E-state index contributed by atoms with van der Waals surface area (Å²) in [6, 6.07) is 18.3. The summed E-state index contributed by atoms with van der Waals surface area (Å²) >= 11 is 18.2. The van der Waals surface area contributed by atoms with Crippen molar-refractivity contribution in [1.82, 2.24) is 0 Å². The molecule has 0 radical (unpaired) electrons. The van der Waals surface area contributed by atoms with Crippen molar-refractivity contribution in [2.75, 3.05) is 5.32 Å². The lowest BCUT2D eigenvalue weighted by Crippen LogP contribution is -2.26. The summed E-state index contributed by atoms with van der Waals surface area (Å²) in [6.07, 6.45) is -1.20. The second-order valence-electron chi connectivity index (χ2n) is 6.27. The van der Waals surface area contributed by atoms with E-state index < -0.39 is 18.0 Å². The molecule has 0 fully saturated rings. The van der Waals surface area contributed by atoms with Crippen LogP contribution in [0, 0.1) is 6.92 Å². The zero-order chi connectivity index (χ0) is 21.0. The molecule has 0 heterocycles. The molecule has 3 rings (SSSR count). The molecule has 0 bridgehead atoms. The third-order valence-corrected chi connectivity index (χ3v) is 5.12. The lowest BCUT2D eigenvalue weighted by atomic mass is 10.1. The van der Waals surface area contributed by atoms with Crippen LogP contribution in [0.1, 0.15) is 27.6 Å². The Morgan fingerprint density at radius 1 is 0.897 bits per heavy atom. The van der Waals surface area contributed by atoms with Crippen LogP contribution in [-0.2, 0) is 9.53 Å². The van der Waals surface area contributed by atoms with Gasteiger partial charge in [0, 0.05) is 21.3 Å². The van der Waals surface area contributed by atoms with Gasteiger partial charge in [-0.05, 0) is 42.8 Å². The van der Waals surface area contributed by atoms with Gasteiger partial charge in [-0.3, -0.25) is 4.79 Å². The number of nitrogens with one attached hydrogen (secondary N) is 1. The minimum Gasteiger partial charge on any atom is -0.444 e. The minimum absolute atomic E-state index is 0.0753. The van der Waals surface area contributed by atoms with Gasteiger partial charge < -0.3 is 10.1 Å². The Morgan fingerprint density at radius 2 is 1.62 bits per heavy atom. The number of hydrogen-bond acceptors (Lipinski definition) is 3. The van der Waals surface area contributed by atoms with Crippen LogP contribution < -0.4 is 5.32 Å². The Hall–Kier alpha value is -2.53. The molecule has 148 valence electrons. The molecule has 3 aromatic rings. The summed E-state index contributed by atoms with van der Waals surface area (Å²) < 4.78 is 5.52. The van der Waals surface area contributed by atoms with Gasteiger partial charge in [0.15, 0.2) is 0 Å². The normalized spacial score (nSPS) is 11.6. The van der Waals surface area contributed by atoms with E-state index in [-0.39, 0.29) is 10.6 Å². The molecule has 0 aliphatic heterocycles. The maximum Gasteiger partial charge on any atom is 0.340 e. The number of anilines is 1. The number of amides is 1. The van der Waals surface area contributed by atoms with Crippen LogP contribution in [-0.4, -0.2) is 11.9 Å². The van der Waals surface area contributed by atoms with E-state index in [0.29, 0.717) is 21.3 Å². The van der Waals surface area contributed by atoms with Gasteiger partial charge in [0.25, 0.3) is 5.91 Å². The van der Waals surface area contributed by atoms with Crippen molar-refractivity contribution in [2.45, 2.75) is 13.0 Å². The first kappa shape index (κ1) is 21.2. The fourth-order valence-corrected chi connectivity index (χ4v) is 3.15. The maximum atomic E-state index is 12.9. The molecule has 3 aromatic carbocycles. The van der Waals surface area contributed by atoms with E-state index in [2.05, 4.69) is 5.32 Å². The first-order valence-corrected chi connectivity index (χ1v) is 9.76.